The molecule has 22 heavy (non-hydrogen) atoms. The third-order valence-electron chi connectivity index (χ3n) is 4.24. The Morgan fingerprint density at radius 1 is 1.36 bits per heavy atom. The normalized spacial score (nSPS) is 22.6. The van der Waals surface area contributed by atoms with Crippen LogP contribution < -0.4 is 0 Å². The van der Waals surface area contributed by atoms with Gasteiger partial charge in [-0.1, -0.05) is 25.1 Å². The van der Waals surface area contributed by atoms with E-state index in [-0.39, 0.29) is 12.6 Å². The summed E-state index contributed by atoms with van der Waals surface area (Å²) in [5.41, 5.74) is 1.12. The van der Waals surface area contributed by atoms with E-state index in [9.17, 15) is 5.11 Å². The van der Waals surface area contributed by atoms with Gasteiger partial charge in [0.2, 0.25) is 0 Å². The van der Waals surface area contributed by atoms with Crippen LogP contribution >= 0.6 is 11.8 Å². The van der Waals surface area contributed by atoms with Gasteiger partial charge in [0, 0.05) is 48.9 Å². The highest BCUT2D eigenvalue weighted by atomic mass is 32.2. The fourth-order valence-corrected chi connectivity index (χ4v) is 3.63. The van der Waals surface area contributed by atoms with E-state index in [4.69, 9.17) is 0 Å². The van der Waals surface area contributed by atoms with Crippen LogP contribution in [0.4, 0.5) is 0 Å². The van der Waals surface area contributed by atoms with Crippen LogP contribution in [0.1, 0.15) is 31.7 Å². The fraction of sp³-hybridized carbons (Fsp3) is 0.750. The van der Waals surface area contributed by atoms with E-state index in [0.29, 0.717) is 6.04 Å². The molecule has 124 valence electrons. The van der Waals surface area contributed by atoms with Gasteiger partial charge in [-0.3, -0.25) is 4.90 Å². The molecule has 1 aliphatic rings. The maximum Gasteiger partial charge on any atom is 0.187 e. The average Bonchev–Trinajstić information content (AvgIpc) is 2.92. The molecule has 1 saturated heterocycles. The third kappa shape index (κ3) is 4.91. The Hall–Kier alpha value is -0.690. The molecule has 1 N–H and O–H groups in total. The average molecular weight is 324 g/mol. The van der Waals surface area contributed by atoms with Gasteiger partial charge in [0.15, 0.2) is 5.16 Å². The zero-order chi connectivity index (χ0) is 15.9. The van der Waals surface area contributed by atoms with E-state index in [2.05, 4.69) is 40.8 Å². The molecule has 6 heteroatoms. The SMILES string of the molecule is CCCCSc1ncc(CN2C[C@H](N(C)C)C[C@H]2CO)cn1. The number of aliphatic hydroxyl groups is 1. The highest BCUT2D eigenvalue weighted by molar-refractivity contribution is 7.99. The zero-order valence-electron chi connectivity index (χ0n) is 13.9. The molecule has 2 heterocycles. The second-order valence-corrected chi connectivity index (χ2v) is 7.26. The zero-order valence-corrected chi connectivity index (χ0v) is 14.7. The van der Waals surface area contributed by atoms with Crippen LogP contribution in [0, 0.1) is 0 Å². The molecule has 2 rings (SSSR count). The van der Waals surface area contributed by atoms with Gasteiger partial charge in [-0.15, -0.1) is 0 Å². The minimum absolute atomic E-state index is 0.218. The number of nitrogens with zero attached hydrogens (tertiary/aromatic N) is 4. The van der Waals surface area contributed by atoms with Gasteiger partial charge in [0.05, 0.1) is 6.61 Å². The molecule has 1 fully saturated rings. The van der Waals surface area contributed by atoms with E-state index in [1.54, 1.807) is 11.8 Å². The van der Waals surface area contributed by atoms with Crippen molar-refractivity contribution in [2.45, 2.75) is 50.0 Å². The summed E-state index contributed by atoms with van der Waals surface area (Å²) >= 11 is 1.72. The first kappa shape index (κ1) is 17.7. The first-order chi connectivity index (χ1) is 10.6. The summed E-state index contributed by atoms with van der Waals surface area (Å²) in [4.78, 5) is 13.5. The lowest BCUT2D eigenvalue weighted by molar-refractivity contribution is 0.152. The molecule has 0 aliphatic carbocycles. The minimum Gasteiger partial charge on any atom is -0.395 e. The number of aliphatic hydroxyl groups excluding tert-OH is 1. The van der Waals surface area contributed by atoms with Crippen LogP contribution in [0.5, 0.6) is 0 Å². The Morgan fingerprint density at radius 2 is 2.09 bits per heavy atom. The number of hydrogen-bond donors (Lipinski definition) is 1. The van der Waals surface area contributed by atoms with Crippen LogP contribution in [0.2, 0.25) is 0 Å². The topological polar surface area (TPSA) is 52.5 Å². The molecule has 0 saturated carbocycles. The molecule has 1 aromatic heterocycles. The van der Waals surface area contributed by atoms with Gasteiger partial charge >= 0.3 is 0 Å². The van der Waals surface area contributed by atoms with Crippen LogP contribution in [0.25, 0.3) is 0 Å². The summed E-state index contributed by atoms with van der Waals surface area (Å²) in [6.45, 7) is 4.22. The van der Waals surface area contributed by atoms with Crippen molar-refractivity contribution in [3.63, 3.8) is 0 Å². The second-order valence-electron chi connectivity index (χ2n) is 6.19. The van der Waals surface area contributed by atoms with E-state index in [1.807, 2.05) is 12.4 Å². The molecule has 0 aromatic carbocycles. The highest BCUT2D eigenvalue weighted by Gasteiger charge is 2.32. The summed E-state index contributed by atoms with van der Waals surface area (Å²) in [6.07, 6.45) is 7.29. The molecule has 0 bridgehead atoms. The fourth-order valence-electron chi connectivity index (χ4n) is 2.76. The Kier molecular flexibility index (Phi) is 7.08. The quantitative estimate of drug-likeness (QED) is 0.447. The molecule has 1 aliphatic heterocycles. The van der Waals surface area contributed by atoms with Crippen LogP contribution in [-0.2, 0) is 6.54 Å². The Bertz CT molecular complexity index is 440. The first-order valence-corrected chi connectivity index (χ1v) is 9.07. The molecule has 0 amide bonds. The van der Waals surface area contributed by atoms with E-state index < -0.39 is 0 Å². The van der Waals surface area contributed by atoms with Gasteiger partial charge in [-0.25, -0.2) is 9.97 Å². The number of thioether (sulfide) groups is 1. The van der Waals surface area contributed by atoms with E-state index in [1.165, 1.54) is 12.8 Å². The van der Waals surface area contributed by atoms with Gasteiger partial charge in [-0.05, 0) is 26.9 Å². The summed E-state index contributed by atoms with van der Waals surface area (Å²) < 4.78 is 0. The van der Waals surface area contributed by atoms with Crippen LogP contribution in [0.15, 0.2) is 17.6 Å². The van der Waals surface area contributed by atoms with E-state index in [0.717, 1.165) is 36.0 Å². The van der Waals surface area contributed by atoms with Crippen LogP contribution in [0.3, 0.4) is 0 Å². The summed E-state index contributed by atoms with van der Waals surface area (Å²) in [5.74, 6) is 1.08. The number of likely N-dealkylation sites (N-methyl/N-ethyl adjacent to an activating group) is 1. The Balaban J connectivity index is 1.89. The number of hydrogen-bond acceptors (Lipinski definition) is 6. The predicted octanol–water partition coefficient (Wildman–Crippen LogP) is 1.87. The summed E-state index contributed by atoms with van der Waals surface area (Å²) in [7, 11) is 4.21. The summed E-state index contributed by atoms with van der Waals surface area (Å²) in [5, 5.41) is 10.4. The molecule has 0 spiro atoms. The molecule has 0 unspecified atom stereocenters. The second kappa shape index (κ2) is 8.82. The molecule has 5 nitrogen and oxygen atoms in total. The van der Waals surface area contributed by atoms with Crippen molar-refractivity contribution in [2.75, 3.05) is 33.0 Å². The van der Waals surface area contributed by atoms with Gasteiger partial charge in [0.1, 0.15) is 0 Å². The van der Waals surface area contributed by atoms with Crippen molar-refractivity contribution < 1.29 is 5.11 Å². The Labute approximate surface area is 138 Å². The number of rotatable bonds is 8. The predicted molar refractivity (Wildman–Crippen MR) is 91.0 cm³/mol. The summed E-state index contributed by atoms with van der Waals surface area (Å²) in [6, 6.07) is 0.757. The van der Waals surface area contributed by atoms with Crippen molar-refractivity contribution in [1.82, 2.24) is 19.8 Å². The van der Waals surface area contributed by atoms with Crippen molar-refractivity contribution in [2.24, 2.45) is 0 Å². The lowest BCUT2D eigenvalue weighted by atomic mass is 10.1. The smallest absolute Gasteiger partial charge is 0.187 e. The van der Waals surface area contributed by atoms with Crippen molar-refractivity contribution in [3.05, 3.63) is 18.0 Å². The number of aromatic nitrogens is 2. The number of unbranched alkanes of at least 4 members (excludes halogenated alkanes) is 1. The maximum atomic E-state index is 9.58. The lowest BCUT2D eigenvalue weighted by Gasteiger charge is -2.22. The molecule has 2 atom stereocenters. The molecular formula is C16H28N4OS. The monoisotopic (exact) mass is 324 g/mol. The maximum absolute atomic E-state index is 9.58. The van der Waals surface area contributed by atoms with Gasteiger partial charge < -0.3 is 10.0 Å². The van der Waals surface area contributed by atoms with Crippen LogP contribution in [-0.4, -0.2) is 70.0 Å². The molecule has 0 radical (unpaired) electrons. The lowest BCUT2D eigenvalue weighted by Crippen LogP contribution is -2.33. The van der Waals surface area contributed by atoms with Crippen molar-refractivity contribution in [3.8, 4) is 0 Å². The highest BCUT2D eigenvalue weighted by Crippen LogP contribution is 2.23. The minimum atomic E-state index is 0.218. The standard InChI is InChI=1S/C16H28N4OS/c1-4-5-6-22-16-17-8-13(9-18-16)10-20-11-14(19(2)3)7-15(20)12-21/h8-9,14-15,21H,4-7,10-12H2,1-3H3/t14-,15+/m1/s1. The molecular weight excluding hydrogens is 296 g/mol. The van der Waals surface area contributed by atoms with Crippen molar-refractivity contribution >= 4 is 11.8 Å². The van der Waals surface area contributed by atoms with E-state index >= 15 is 0 Å². The van der Waals surface area contributed by atoms with Gasteiger partial charge in [-0.2, -0.15) is 0 Å². The van der Waals surface area contributed by atoms with Crippen molar-refractivity contribution in [1.29, 1.82) is 0 Å². The number of likely N-dealkylation sites (tertiary alicyclic amines) is 1. The molecule has 1 aromatic rings. The first-order valence-electron chi connectivity index (χ1n) is 8.09. The third-order valence-corrected chi connectivity index (χ3v) is 5.21. The Morgan fingerprint density at radius 3 is 2.68 bits per heavy atom. The van der Waals surface area contributed by atoms with Gasteiger partial charge in [0.25, 0.3) is 0 Å². The largest absolute Gasteiger partial charge is 0.395 e.